The van der Waals surface area contributed by atoms with Gasteiger partial charge in [0, 0.05) is 61.8 Å². The average molecular weight is 592 g/mol. The Morgan fingerprint density at radius 2 is 1.71 bits per heavy atom. The van der Waals surface area contributed by atoms with Crippen LogP contribution in [-0.2, 0) is 22.6 Å². The maximum atomic E-state index is 14.9. The molecular weight excluding hydrogens is 553 g/mol. The van der Waals surface area contributed by atoms with Crippen LogP contribution in [0, 0.1) is 11.7 Å². The molecule has 2 aromatic carbocycles. The van der Waals surface area contributed by atoms with Gasteiger partial charge in [0.2, 0.25) is 0 Å². The number of ether oxygens (including phenoxy) is 2. The molecule has 1 atom stereocenters. The lowest BCUT2D eigenvalue weighted by Gasteiger charge is -2.32. The number of piperazine rings is 1. The molecule has 1 aliphatic heterocycles. The molecule has 0 aliphatic carbocycles. The molecule has 1 fully saturated rings. The van der Waals surface area contributed by atoms with E-state index in [0.717, 1.165) is 52.8 Å². The van der Waals surface area contributed by atoms with E-state index in [-0.39, 0.29) is 23.7 Å². The molecule has 2 aromatic heterocycles. The van der Waals surface area contributed by atoms with Crippen LogP contribution in [-0.4, -0.2) is 60.7 Å². The Morgan fingerprint density at radius 1 is 1.02 bits per heavy atom. The molecule has 4 aromatic rings. The number of aromatic nitrogens is 1. The molecule has 9 heteroatoms. The summed E-state index contributed by atoms with van der Waals surface area (Å²) < 4.78 is 28.4. The van der Waals surface area contributed by atoms with Gasteiger partial charge in [-0.15, -0.1) is 11.3 Å². The number of likely N-dealkylation sites (N-methyl/N-ethyl adjacent to an activating group) is 1. The largest absolute Gasteiger partial charge is 0.496 e. The van der Waals surface area contributed by atoms with Crippen molar-refractivity contribution < 1.29 is 18.7 Å². The summed E-state index contributed by atoms with van der Waals surface area (Å²) in [4.78, 5) is 33.0. The number of carbonyl (C=O) groups excluding carboxylic acids is 1. The summed E-state index contributed by atoms with van der Waals surface area (Å²) in [6.45, 7) is 9.66. The number of fused-ring (bicyclic) bond motifs is 1. The first-order chi connectivity index (χ1) is 20.2. The fourth-order valence-electron chi connectivity index (χ4n) is 5.62. The van der Waals surface area contributed by atoms with Crippen LogP contribution >= 0.6 is 11.3 Å². The number of nitrogens with zero attached hydrogens (tertiary/aromatic N) is 3. The zero-order valence-electron chi connectivity index (χ0n) is 24.9. The van der Waals surface area contributed by atoms with E-state index in [1.807, 2.05) is 48.7 Å². The highest BCUT2D eigenvalue weighted by Crippen LogP contribution is 2.43. The Kier molecular flexibility index (Phi) is 9.11. The third kappa shape index (κ3) is 6.14. The molecule has 7 nitrogen and oxygen atoms in total. The van der Waals surface area contributed by atoms with E-state index in [2.05, 4.69) is 16.8 Å². The number of pyridine rings is 1. The first-order valence-electron chi connectivity index (χ1n) is 14.3. The number of hydrogen-bond acceptors (Lipinski definition) is 7. The van der Waals surface area contributed by atoms with Crippen molar-refractivity contribution in [1.29, 1.82) is 0 Å². The number of rotatable bonds is 9. The summed E-state index contributed by atoms with van der Waals surface area (Å²) in [6, 6.07) is 14.5. The van der Waals surface area contributed by atoms with Gasteiger partial charge in [0.1, 0.15) is 22.5 Å². The van der Waals surface area contributed by atoms with Gasteiger partial charge in [-0.25, -0.2) is 4.39 Å². The van der Waals surface area contributed by atoms with Gasteiger partial charge in [0.15, 0.2) is 5.43 Å². The van der Waals surface area contributed by atoms with Crippen molar-refractivity contribution in [3.05, 3.63) is 87.5 Å². The smallest absolute Gasteiger partial charge is 0.303 e. The van der Waals surface area contributed by atoms with E-state index in [9.17, 15) is 14.0 Å². The summed E-state index contributed by atoms with van der Waals surface area (Å²) in [6.07, 6.45) is 1.02. The molecule has 0 N–H and O–H groups in total. The molecule has 0 amide bonds. The van der Waals surface area contributed by atoms with Crippen LogP contribution in [0.1, 0.15) is 43.6 Å². The number of carbonyl (C=O) groups is 1. The van der Waals surface area contributed by atoms with E-state index in [0.29, 0.717) is 23.1 Å². The highest BCUT2D eigenvalue weighted by atomic mass is 32.1. The van der Waals surface area contributed by atoms with Crippen molar-refractivity contribution in [2.24, 2.45) is 5.92 Å². The number of para-hydroxylation sites is 1. The quantitative estimate of drug-likeness (QED) is 0.225. The molecule has 3 heterocycles. The van der Waals surface area contributed by atoms with Gasteiger partial charge in [-0.1, -0.05) is 44.2 Å². The van der Waals surface area contributed by atoms with Crippen LogP contribution in [0.3, 0.4) is 0 Å². The van der Waals surface area contributed by atoms with Crippen molar-refractivity contribution in [3.8, 4) is 16.2 Å². The zero-order valence-corrected chi connectivity index (χ0v) is 25.7. The second-order valence-electron chi connectivity index (χ2n) is 11.3. The molecule has 222 valence electrons. The zero-order chi connectivity index (χ0) is 30.0. The van der Waals surface area contributed by atoms with Crippen LogP contribution in [0.15, 0.2) is 59.5 Å². The number of benzene rings is 2. The molecule has 0 radical (unpaired) electrons. The van der Waals surface area contributed by atoms with Crippen LogP contribution in [0.25, 0.3) is 20.7 Å². The van der Waals surface area contributed by atoms with Crippen molar-refractivity contribution in [2.45, 2.75) is 40.0 Å². The Balaban J connectivity index is 1.81. The first kappa shape index (κ1) is 29.9. The minimum absolute atomic E-state index is 0.144. The lowest BCUT2D eigenvalue weighted by atomic mass is 9.97. The Bertz CT molecular complexity index is 1640. The van der Waals surface area contributed by atoms with Crippen molar-refractivity contribution >= 4 is 27.5 Å². The molecule has 1 aliphatic rings. The Hall–Kier alpha value is -3.53. The highest BCUT2D eigenvalue weighted by molar-refractivity contribution is 7.22. The standard InChI is InChI=1S/C33H38FN3O4S/c1-21(2)31(41-22(3)38)26-20-37(18-23-10-6-8-12-27(23)34)33-29(30(26)39)25(19-36-16-14-35(4)15-17-36)32(42-33)24-11-7-9-13-28(24)40-5/h6-13,20-21,31H,14-19H2,1-5H3. The molecule has 0 spiro atoms. The normalized spacial score (nSPS) is 15.3. The summed E-state index contributed by atoms with van der Waals surface area (Å²) in [5.41, 5.74) is 2.58. The van der Waals surface area contributed by atoms with Crippen molar-refractivity contribution in [3.63, 3.8) is 0 Å². The van der Waals surface area contributed by atoms with Gasteiger partial charge < -0.3 is 18.9 Å². The van der Waals surface area contributed by atoms with E-state index in [1.54, 1.807) is 25.4 Å². The molecule has 5 rings (SSSR count). The summed E-state index contributed by atoms with van der Waals surface area (Å²) in [7, 11) is 3.76. The number of thiophene rings is 1. The number of methoxy groups -OCH3 is 1. The van der Waals surface area contributed by atoms with Gasteiger partial charge >= 0.3 is 5.97 Å². The third-order valence-corrected chi connectivity index (χ3v) is 9.17. The molecule has 1 saturated heterocycles. The SMILES string of the molecule is COc1ccccc1-c1sc2c(c1CN1CCN(C)CC1)c(=O)c(C(OC(C)=O)C(C)C)cn2Cc1ccccc1F. The van der Waals surface area contributed by atoms with E-state index in [4.69, 9.17) is 9.47 Å². The van der Waals surface area contributed by atoms with Gasteiger partial charge in [0.05, 0.1) is 24.6 Å². The first-order valence-corrected chi connectivity index (χ1v) is 15.1. The van der Waals surface area contributed by atoms with Gasteiger partial charge in [-0.3, -0.25) is 14.5 Å². The van der Waals surface area contributed by atoms with E-state index in [1.165, 1.54) is 24.3 Å². The molecule has 42 heavy (non-hydrogen) atoms. The van der Waals surface area contributed by atoms with Crippen LogP contribution in [0.5, 0.6) is 5.75 Å². The summed E-state index contributed by atoms with van der Waals surface area (Å²) in [5.74, 6) is -0.191. The monoisotopic (exact) mass is 591 g/mol. The second-order valence-corrected chi connectivity index (χ2v) is 12.3. The summed E-state index contributed by atoms with van der Waals surface area (Å²) >= 11 is 1.52. The maximum Gasteiger partial charge on any atom is 0.303 e. The minimum Gasteiger partial charge on any atom is -0.496 e. The van der Waals surface area contributed by atoms with Gasteiger partial charge in [0.25, 0.3) is 0 Å². The van der Waals surface area contributed by atoms with E-state index >= 15 is 0 Å². The van der Waals surface area contributed by atoms with Gasteiger partial charge in [-0.2, -0.15) is 0 Å². The lowest BCUT2D eigenvalue weighted by molar-refractivity contribution is -0.149. The van der Waals surface area contributed by atoms with Crippen LogP contribution < -0.4 is 10.2 Å². The number of hydrogen-bond donors (Lipinski definition) is 0. The fourth-order valence-corrected chi connectivity index (χ4v) is 6.93. The van der Waals surface area contributed by atoms with Crippen LogP contribution in [0.2, 0.25) is 0 Å². The van der Waals surface area contributed by atoms with Crippen molar-refractivity contribution in [1.82, 2.24) is 14.4 Å². The topological polar surface area (TPSA) is 64.0 Å². The maximum absolute atomic E-state index is 14.9. The number of halogens is 1. The Morgan fingerprint density at radius 3 is 2.38 bits per heavy atom. The van der Waals surface area contributed by atoms with Gasteiger partial charge in [-0.05, 0) is 36.7 Å². The fraction of sp³-hybridized carbons (Fsp3) is 0.394. The molecule has 1 unspecified atom stereocenters. The molecule has 0 saturated carbocycles. The third-order valence-electron chi connectivity index (χ3n) is 7.87. The van der Waals surface area contributed by atoms with Crippen molar-refractivity contribution in [2.75, 3.05) is 40.3 Å². The van der Waals surface area contributed by atoms with E-state index < -0.39 is 12.1 Å². The predicted octanol–water partition coefficient (Wildman–Crippen LogP) is 5.93. The minimum atomic E-state index is -0.739. The second kappa shape index (κ2) is 12.8. The molecule has 0 bridgehead atoms. The summed E-state index contributed by atoms with van der Waals surface area (Å²) in [5, 5.41) is 0.589. The van der Waals surface area contributed by atoms with Crippen LogP contribution in [0.4, 0.5) is 4.39 Å². The highest BCUT2D eigenvalue weighted by Gasteiger charge is 2.29. The number of esters is 1. The predicted molar refractivity (Wildman–Crippen MR) is 166 cm³/mol. The molecular formula is C33H38FN3O4S. The average Bonchev–Trinajstić information content (AvgIpc) is 3.35. The Labute approximate surface area is 250 Å². The lowest BCUT2D eigenvalue weighted by Crippen LogP contribution is -2.44.